The maximum absolute atomic E-state index is 14.3. The van der Waals surface area contributed by atoms with Crippen molar-refractivity contribution in [3.63, 3.8) is 0 Å². The van der Waals surface area contributed by atoms with Crippen molar-refractivity contribution < 1.29 is 4.39 Å². The highest BCUT2D eigenvalue weighted by Crippen LogP contribution is 2.34. The number of halogens is 1. The van der Waals surface area contributed by atoms with Gasteiger partial charge in [0.25, 0.3) is 0 Å². The van der Waals surface area contributed by atoms with Crippen molar-refractivity contribution >= 4 is 11.3 Å². The molecule has 0 amide bonds. The summed E-state index contributed by atoms with van der Waals surface area (Å²) in [5, 5.41) is 0. The van der Waals surface area contributed by atoms with Crippen molar-refractivity contribution in [3.8, 4) is 0 Å². The van der Waals surface area contributed by atoms with E-state index < -0.39 is 0 Å². The fraction of sp³-hybridized carbons (Fsp3) is 0.318. The van der Waals surface area contributed by atoms with Gasteiger partial charge in [-0.15, -0.1) is 0 Å². The van der Waals surface area contributed by atoms with E-state index in [1.54, 1.807) is 6.07 Å². The highest BCUT2D eigenvalue weighted by atomic mass is 19.1. The van der Waals surface area contributed by atoms with Gasteiger partial charge in [-0.3, -0.25) is 0 Å². The molecule has 25 heavy (non-hydrogen) atoms. The number of aliphatic imine (C=N–C) groups is 1. The van der Waals surface area contributed by atoms with Crippen LogP contribution in [-0.2, 0) is 0 Å². The highest BCUT2D eigenvalue weighted by Gasteiger charge is 2.24. The molecule has 0 aromatic heterocycles. The minimum atomic E-state index is -0.216. The lowest BCUT2D eigenvalue weighted by atomic mass is 9.80. The van der Waals surface area contributed by atoms with E-state index in [4.69, 9.17) is 5.73 Å². The Bertz CT molecular complexity index is 766. The van der Waals surface area contributed by atoms with Crippen molar-refractivity contribution in [2.45, 2.75) is 40.0 Å². The Balaban J connectivity index is 2.64. The fourth-order valence-electron chi connectivity index (χ4n) is 3.26. The molecule has 1 aromatic carbocycles. The fourth-order valence-corrected chi connectivity index (χ4v) is 3.26. The first-order chi connectivity index (χ1) is 12.0. The molecule has 2 N–H and O–H groups in total. The van der Waals surface area contributed by atoms with Crippen LogP contribution in [0, 0.1) is 11.7 Å². The molecule has 2 nitrogen and oxygen atoms in total. The first-order valence-electron chi connectivity index (χ1n) is 8.90. The zero-order valence-corrected chi connectivity index (χ0v) is 15.3. The molecule has 1 aliphatic carbocycles. The molecular formula is C22H27FN2. The summed E-state index contributed by atoms with van der Waals surface area (Å²) in [5.74, 6) is 0.426. The summed E-state index contributed by atoms with van der Waals surface area (Å²) in [7, 11) is 0. The first kappa shape index (κ1) is 18.9. The van der Waals surface area contributed by atoms with Crippen molar-refractivity contribution in [3.05, 3.63) is 77.4 Å². The van der Waals surface area contributed by atoms with Gasteiger partial charge < -0.3 is 5.73 Å². The molecule has 0 heterocycles. The lowest BCUT2D eigenvalue weighted by Crippen LogP contribution is -2.19. The molecule has 0 saturated heterocycles. The molecule has 0 bridgehead atoms. The standard InChI is InChI=1S/C22H27FN2/c1-5-10-16(6-2)20-14-18(19-11-8-9-12-21(19)23)13-17(7-3)22(20)25-15(4)24/h7-9,11-14,16H,4-6,10,24H2,1-3H3/b17-7-,25-22+. The molecule has 0 spiro atoms. The normalized spacial score (nSPS) is 18.9. The molecule has 3 heteroatoms. The second-order valence-electron chi connectivity index (χ2n) is 6.27. The van der Waals surface area contributed by atoms with Gasteiger partial charge in [-0.05, 0) is 60.6 Å². The molecule has 1 aromatic rings. The third-order valence-corrected chi connectivity index (χ3v) is 4.49. The van der Waals surface area contributed by atoms with Gasteiger partial charge in [-0.25, -0.2) is 9.38 Å². The van der Waals surface area contributed by atoms with Crippen LogP contribution in [0.4, 0.5) is 4.39 Å². The third kappa shape index (κ3) is 4.36. The zero-order chi connectivity index (χ0) is 18.4. The van der Waals surface area contributed by atoms with Crippen LogP contribution in [0.1, 0.15) is 45.6 Å². The van der Waals surface area contributed by atoms with Crippen molar-refractivity contribution in [2.75, 3.05) is 0 Å². The second-order valence-corrected chi connectivity index (χ2v) is 6.27. The average Bonchev–Trinajstić information content (AvgIpc) is 2.60. The van der Waals surface area contributed by atoms with E-state index in [9.17, 15) is 4.39 Å². The Morgan fingerprint density at radius 1 is 1.28 bits per heavy atom. The van der Waals surface area contributed by atoms with Gasteiger partial charge in [-0.2, -0.15) is 0 Å². The molecule has 0 aliphatic heterocycles. The van der Waals surface area contributed by atoms with Gasteiger partial charge in [0.2, 0.25) is 0 Å². The summed E-state index contributed by atoms with van der Waals surface area (Å²) >= 11 is 0. The number of benzene rings is 1. The Kier molecular flexibility index (Phi) is 6.51. The summed E-state index contributed by atoms with van der Waals surface area (Å²) in [6, 6.07) is 6.87. The minimum absolute atomic E-state index is 0.216. The number of allylic oxidation sites excluding steroid dienone is 6. The van der Waals surface area contributed by atoms with Crippen LogP contribution in [0.15, 0.2) is 71.0 Å². The lowest BCUT2D eigenvalue weighted by Gasteiger charge is -2.25. The molecule has 0 radical (unpaired) electrons. The molecule has 132 valence electrons. The van der Waals surface area contributed by atoms with Crippen LogP contribution in [0.2, 0.25) is 0 Å². The lowest BCUT2D eigenvalue weighted by molar-refractivity contribution is 0.549. The Morgan fingerprint density at radius 3 is 2.56 bits per heavy atom. The Labute approximate surface area is 150 Å². The van der Waals surface area contributed by atoms with Crippen LogP contribution >= 0.6 is 0 Å². The topological polar surface area (TPSA) is 38.4 Å². The monoisotopic (exact) mass is 338 g/mol. The van der Waals surface area contributed by atoms with E-state index in [1.807, 2.05) is 31.2 Å². The predicted molar refractivity (Wildman–Crippen MR) is 106 cm³/mol. The van der Waals surface area contributed by atoms with E-state index in [2.05, 4.69) is 31.5 Å². The van der Waals surface area contributed by atoms with Gasteiger partial charge in [0.1, 0.15) is 11.6 Å². The summed E-state index contributed by atoms with van der Waals surface area (Å²) in [6.07, 6.45) is 9.17. The van der Waals surface area contributed by atoms with E-state index >= 15 is 0 Å². The first-order valence-corrected chi connectivity index (χ1v) is 8.90. The van der Waals surface area contributed by atoms with Gasteiger partial charge in [0.15, 0.2) is 0 Å². The average molecular weight is 338 g/mol. The summed E-state index contributed by atoms with van der Waals surface area (Å²) in [6.45, 7) is 10.0. The number of hydrogen-bond acceptors (Lipinski definition) is 2. The van der Waals surface area contributed by atoms with E-state index in [-0.39, 0.29) is 11.6 Å². The van der Waals surface area contributed by atoms with Crippen molar-refractivity contribution in [1.29, 1.82) is 0 Å². The molecule has 1 aliphatic rings. The number of nitrogens with zero attached hydrogens (tertiary/aromatic N) is 1. The van der Waals surface area contributed by atoms with Crippen LogP contribution < -0.4 is 5.73 Å². The van der Waals surface area contributed by atoms with Crippen LogP contribution in [0.5, 0.6) is 0 Å². The van der Waals surface area contributed by atoms with Gasteiger partial charge >= 0.3 is 0 Å². The maximum atomic E-state index is 14.3. The van der Waals surface area contributed by atoms with Crippen LogP contribution in [0.3, 0.4) is 0 Å². The van der Waals surface area contributed by atoms with Gasteiger partial charge in [0.05, 0.1) is 5.71 Å². The number of hydrogen-bond donors (Lipinski definition) is 1. The van der Waals surface area contributed by atoms with E-state index in [0.29, 0.717) is 11.5 Å². The van der Waals surface area contributed by atoms with Crippen molar-refractivity contribution in [1.82, 2.24) is 0 Å². The molecule has 1 atom stereocenters. The number of nitrogens with two attached hydrogens (primary N) is 1. The third-order valence-electron chi connectivity index (χ3n) is 4.49. The zero-order valence-electron chi connectivity index (χ0n) is 15.3. The summed E-state index contributed by atoms with van der Waals surface area (Å²) in [4.78, 5) is 4.50. The Morgan fingerprint density at radius 2 is 2.00 bits per heavy atom. The number of rotatable bonds is 6. The smallest absolute Gasteiger partial charge is 0.131 e. The van der Waals surface area contributed by atoms with Gasteiger partial charge in [0, 0.05) is 5.56 Å². The SMILES string of the molecule is C=C(N)/N=C1/C(C(CC)CCC)=CC(c2ccccc2F)=C/C1=C/C. The maximum Gasteiger partial charge on any atom is 0.131 e. The van der Waals surface area contributed by atoms with Crippen LogP contribution in [-0.4, -0.2) is 5.71 Å². The highest BCUT2D eigenvalue weighted by molar-refractivity contribution is 6.19. The van der Waals surface area contributed by atoms with E-state index in [1.165, 1.54) is 6.07 Å². The minimum Gasteiger partial charge on any atom is -0.384 e. The molecule has 2 rings (SSSR count). The van der Waals surface area contributed by atoms with E-state index in [0.717, 1.165) is 41.7 Å². The van der Waals surface area contributed by atoms with Gasteiger partial charge in [-0.1, -0.05) is 51.1 Å². The molecule has 1 unspecified atom stereocenters. The summed E-state index contributed by atoms with van der Waals surface area (Å²) < 4.78 is 14.3. The largest absolute Gasteiger partial charge is 0.384 e. The molecule has 0 fully saturated rings. The molecular weight excluding hydrogens is 311 g/mol. The Hall–Kier alpha value is -2.42. The molecule has 0 saturated carbocycles. The quantitative estimate of drug-likeness (QED) is 0.700. The predicted octanol–water partition coefficient (Wildman–Crippen LogP) is 5.79. The van der Waals surface area contributed by atoms with Crippen molar-refractivity contribution in [2.24, 2.45) is 16.6 Å². The van der Waals surface area contributed by atoms with Crippen LogP contribution in [0.25, 0.3) is 5.57 Å². The second kappa shape index (κ2) is 8.61. The summed E-state index contributed by atoms with van der Waals surface area (Å²) in [5.41, 5.74) is 10.2.